The molecule has 1 aliphatic rings. The van der Waals surface area contributed by atoms with Crippen LogP contribution in [-0.4, -0.2) is 56.3 Å². The van der Waals surface area contributed by atoms with Crippen LogP contribution in [0.5, 0.6) is 5.75 Å². The second-order valence-corrected chi connectivity index (χ2v) is 6.56. The summed E-state index contributed by atoms with van der Waals surface area (Å²) < 4.78 is 24.2. The molecule has 6 nitrogen and oxygen atoms in total. The molecule has 4 rings (SSSR count). The van der Waals surface area contributed by atoms with Crippen LogP contribution in [0.25, 0.3) is 11.1 Å². The molecule has 0 amide bonds. The smallest absolute Gasteiger partial charge is 0.295 e. The van der Waals surface area contributed by atoms with Crippen LogP contribution in [0.4, 0.5) is 16.1 Å². The summed E-state index contributed by atoms with van der Waals surface area (Å²) >= 11 is 0. The van der Waals surface area contributed by atoms with Gasteiger partial charge in [0.25, 0.3) is 6.01 Å². The van der Waals surface area contributed by atoms with Crippen LogP contribution >= 0.6 is 0 Å². The summed E-state index contributed by atoms with van der Waals surface area (Å²) in [5, 5.41) is 3.19. The third kappa shape index (κ3) is 3.98. The number of fused-ring (bicyclic) bond motifs is 1. The summed E-state index contributed by atoms with van der Waals surface area (Å²) in [6.07, 6.45) is 0. The molecule has 0 radical (unpaired) electrons. The number of rotatable bonds is 6. The van der Waals surface area contributed by atoms with Crippen molar-refractivity contribution in [3.8, 4) is 5.75 Å². The zero-order chi connectivity index (χ0) is 18.6. The van der Waals surface area contributed by atoms with Crippen LogP contribution in [0, 0.1) is 5.82 Å². The lowest BCUT2D eigenvalue weighted by Gasteiger charge is -2.36. The summed E-state index contributed by atoms with van der Waals surface area (Å²) in [6.45, 7) is 5.51. The van der Waals surface area contributed by atoms with Gasteiger partial charge < -0.3 is 19.4 Å². The molecule has 142 valence electrons. The lowest BCUT2D eigenvalue weighted by atomic mass is 10.2. The zero-order valence-corrected chi connectivity index (χ0v) is 15.3. The number of nitrogens with one attached hydrogen (secondary N) is 1. The first kappa shape index (κ1) is 17.6. The predicted octanol–water partition coefficient (Wildman–Crippen LogP) is 3.21. The second-order valence-electron chi connectivity index (χ2n) is 6.56. The fourth-order valence-electron chi connectivity index (χ4n) is 3.40. The number of benzene rings is 2. The summed E-state index contributed by atoms with van der Waals surface area (Å²) in [4.78, 5) is 9.09. The minimum absolute atomic E-state index is 0.321. The first-order valence-electron chi connectivity index (χ1n) is 9.13. The standard InChI is InChI=1S/C20H23FN4O2/c1-26-18-5-3-2-4-17(18)25-12-10-24(11-13-25)9-8-22-20-23-16-7-6-15(21)14-19(16)27-20/h2-7,14H,8-13H2,1H3,(H,22,23). The maximum absolute atomic E-state index is 13.2. The molecule has 3 aromatic rings. The van der Waals surface area contributed by atoms with Gasteiger partial charge in [0.05, 0.1) is 12.8 Å². The highest BCUT2D eigenvalue weighted by atomic mass is 19.1. The number of oxazole rings is 1. The highest BCUT2D eigenvalue weighted by Gasteiger charge is 2.19. The van der Waals surface area contributed by atoms with E-state index in [-0.39, 0.29) is 5.82 Å². The fourth-order valence-corrected chi connectivity index (χ4v) is 3.40. The van der Waals surface area contributed by atoms with Crippen molar-refractivity contribution in [2.75, 3.05) is 56.6 Å². The van der Waals surface area contributed by atoms with E-state index in [0.717, 1.165) is 50.7 Å². The van der Waals surface area contributed by atoms with E-state index in [4.69, 9.17) is 9.15 Å². The number of hydrogen-bond donors (Lipinski definition) is 1. The minimum atomic E-state index is -0.321. The Bertz CT molecular complexity index is 906. The van der Waals surface area contributed by atoms with Gasteiger partial charge in [-0.2, -0.15) is 4.98 Å². The quantitative estimate of drug-likeness (QED) is 0.719. The number of aromatic nitrogens is 1. The van der Waals surface area contributed by atoms with Crippen molar-refractivity contribution in [3.63, 3.8) is 0 Å². The van der Waals surface area contributed by atoms with Crippen molar-refractivity contribution in [3.05, 3.63) is 48.3 Å². The van der Waals surface area contributed by atoms with E-state index in [1.165, 1.54) is 12.1 Å². The SMILES string of the molecule is COc1ccccc1N1CCN(CCNc2nc3ccc(F)cc3o2)CC1. The molecule has 0 spiro atoms. The number of para-hydroxylation sites is 2. The summed E-state index contributed by atoms with van der Waals surface area (Å²) in [6, 6.07) is 12.9. The van der Waals surface area contributed by atoms with E-state index in [9.17, 15) is 4.39 Å². The molecule has 1 aromatic heterocycles. The van der Waals surface area contributed by atoms with E-state index >= 15 is 0 Å². The van der Waals surface area contributed by atoms with Gasteiger partial charge in [-0.15, -0.1) is 0 Å². The lowest BCUT2D eigenvalue weighted by Crippen LogP contribution is -2.47. The van der Waals surface area contributed by atoms with Crippen molar-refractivity contribution in [2.24, 2.45) is 0 Å². The third-order valence-electron chi connectivity index (χ3n) is 4.85. The Labute approximate surface area is 157 Å². The van der Waals surface area contributed by atoms with Crippen LogP contribution in [0.3, 0.4) is 0 Å². The minimum Gasteiger partial charge on any atom is -0.495 e. The molecule has 0 unspecified atom stereocenters. The van der Waals surface area contributed by atoms with E-state index in [1.54, 1.807) is 13.2 Å². The molecule has 1 N–H and O–H groups in total. The summed E-state index contributed by atoms with van der Waals surface area (Å²) in [5.41, 5.74) is 2.27. The number of piperazine rings is 1. The van der Waals surface area contributed by atoms with Crippen LogP contribution in [0.1, 0.15) is 0 Å². The highest BCUT2D eigenvalue weighted by Crippen LogP contribution is 2.28. The van der Waals surface area contributed by atoms with Crippen molar-refractivity contribution < 1.29 is 13.5 Å². The first-order valence-corrected chi connectivity index (χ1v) is 9.13. The number of halogens is 1. The molecule has 1 saturated heterocycles. The highest BCUT2D eigenvalue weighted by molar-refractivity contribution is 5.74. The molecule has 0 bridgehead atoms. The van der Waals surface area contributed by atoms with Gasteiger partial charge in [-0.1, -0.05) is 12.1 Å². The van der Waals surface area contributed by atoms with Gasteiger partial charge in [0, 0.05) is 45.3 Å². The predicted molar refractivity (Wildman–Crippen MR) is 104 cm³/mol. The van der Waals surface area contributed by atoms with Crippen LogP contribution in [-0.2, 0) is 0 Å². The Hall–Kier alpha value is -2.80. The van der Waals surface area contributed by atoms with Crippen LogP contribution in [0.2, 0.25) is 0 Å². The molecule has 1 fully saturated rings. The number of anilines is 2. The number of hydrogen-bond acceptors (Lipinski definition) is 6. The third-order valence-corrected chi connectivity index (χ3v) is 4.85. The second kappa shape index (κ2) is 7.84. The van der Waals surface area contributed by atoms with Gasteiger partial charge in [0.1, 0.15) is 17.1 Å². The van der Waals surface area contributed by atoms with Crippen molar-refractivity contribution in [1.82, 2.24) is 9.88 Å². The van der Waals surface area contributed by atoms with Crippen molar-refractivity contribution in [1.29, 1.82) is 0 Å². The first-order chi connectivity index (χ1) is 13.2. The van der Waals surface area contributed by atoms with E-state index in [2.05, 4.69) is 26.2 Å². The Morgan fingerprint density at radius 1 is 1.15 bits per heavy atom. The van der Waals surface area contributed by atoms with E-state index < -0.39 is 0 Å². The molecule has 0 aliphatic carbocycles. The molecular formula is C20H23FN4O2. The van der Waals surface area contributed by atoms with Gasteiger partial charge >= 0.3 is 0 Å². The number of methoxy groups -OCH3 is 1. The Morgan fingerprint density at radius 3 is 2.78 bits per heavy atom. The molecule has 2 heterocycles. The molecule has 0 saturated carbocycles. The van der Waals surface area contributed by atoms with Gasteiger partial charge in [-0.3, -0.25) is 4.90 Å². The maximum Gasteiger partial charge on any atom is 0.295 e. The Morgan fingerprint density at radius 2 is 1.96 bits per heavy atom. The Kier molecular flexibility index (Phi) is 5.11. The number of ether oxygens (including phenoxy) is 1. The fraction of sp³-hybridized carbons (Fsp3) is 0.350. The molecule has 7 heteroatoms. The van der Waals surface area contributed by atoms with Crippen molar-refractivity contribution >= 4 is 22.8 Å². The molecule has 0 atom stereocenters. The average Bonchev–Trinajstić information content (AvgIpc) is 3.10. The summed E-state index contributed by atoms with van der Waals surface area (Å²) in [5.74, 6) is 0.595. The van der Waals surface area contributed by atoms with Gasteiger partial charge in [-0.05, 0) is 24.3 Å². The lowest BCUT2D eigenvalue weighted by molar-refractivity contribution is 0.266. The normalized spacial score (nSPS) is 15.3. The van der Waals surface area contributed by atoms with E-state index in [1.807, 2.05) is 18.2 Å². The van der Waals surface area contributed by atoms with Crippen molar-refractivity contribution in [2.45, 2.75) is 0 Å². The molecule has 1 aliphatic heterocycles. The monoisotopic (exact) mass is 370 g/mol. The summed E-state index contributed by atoms with van der Waals surface area (Å²) in [7, 11) is 1.71. The Balaban J connectivity index is 1.27. The zero-order valence-electron chi connectivity index (χ0n) is 15.3. The maximum atomic E-state index is 13.2. The van der Waals surface area contributed by atoms with Gasteiger partial charge in [-0.25, -0.2) is 4.39 Å². The van der Waals surface area contributed by atoms with Gasteiger partial charge in [0.2, 0.25) is 0 Å². The number of nitrogens with zero attached hydrogens (tertiary/aromatic N) is 3. The van der Waals surface area contributed by atoms with Gasteiger partial charge in [0.15, 0.2) is 5.58 Å². The molecular weight excluding hydrogens is 347 g/mol. The molecule has 2 aromatic carbocycles. The molecule has 27 heavy (non-hydrogen) atoms. The van der Waals surface area contributed by atoms with Crippen LogP contribution < -0.4 is 15.0 Å². The topological polar surface area (TPSA) is 53.8 Å². The average molecular weight is 370 g/mol. The largest absolute Gasteiger partial charge is 0.495 e. The van der Waals surface area contributed by atoms with Crippen LogP contribution in [0.15, 0.2) is 46.9 Å². The van der Waals surface area contributed by atoms with E-state index in [0.29, 0.717) is 17.1 Å².